The molecule has 1 heterocycles. The van der Waals surface area contributed by atoms with Crippen LogP contribution in [-0.2, 0) is 11.3 Å². The van der Waals surface area contributed by atoms with E-state index in [0.29, 0.717) is 6.54 Å². The molecule has 0 unspecified atom stereocenters. The first-order valence-corrected chi connectivity index (χ1v) is 7.88. The van der Waals surface area contributed by atoms with Gasteiger partial charge >= 0.3 is 0 Å². The van der Waals surface area contributed by atoms with Crippen LogP contribution in [0.25, 0.3) is 0 Å². The summed E-state index contributed by atoms with van der Waals surface area (Å²) >= 11 is 1.77. The van der Waals surface area contributed by atoms with Crippen molar-refractivity contribution in [3.63, 3.8) is 0 Å². The summed E-state index contributed by atoms with van der Waals surface area (Å²) in [4.78, 5) is 14.1. The van der Waals surface area contributed by atoms with Crippen LogP contribution in [0, 0.1) is 13.8 Å². The molecule has 2 rings (SSSR count). The van der Waals surface area contributed by atoms with Crippen molar-refractivity contribution in [3.8, 4) is 5.75 Å². The normalized spacial score (nSPS) is 18.1. The number of nitrogens with one attached hydrogen (secondary N) is 1. The number of methoxy groups -OCH3 is 1. The van der Waals surface area contributed by atoms with Crippen LogP contribution in [-0.4, -0.2) is 42.6 Å². The van der Waals surface area contributed by atoms with Gasteiger partial charge in [-0.3, -0.25) is 10.1 Å². The largest absolute Gasteiger partial charge is 0.496 e. The highest BCUT2D eigenvalue weighted by Crippen LogP contribution is 2.25. The molecule has 1 aliphatic rings. The van der Waals surface area contributed by atoms with E-state index in [1.54, 1.807) is 23.8 Å². The summed E-state index contributed by atoms with van der Waals surface area (Å²) in [6.45, 7) is 4.70. The van der Waals surface area contributed by atoms with Crippen molar-refractivity contribution in [1.29, 1.82) is 0 Å². The number of likely N-dealkylation sites (N-methyl/N-ethyl adjacent to an activating group) is 1. The molecule has 0 spiro atoms. The molecule has 1 N–H and O–H groups in total. The molecule has 1 saturated heterocycles. The lowest BCUT2D eigenvalue weighted by Crippen LogP contribution is -2.42. The first-order valence-electron chi connectivity index (χ1n) is 6.73. The van der Waals surface area contributed by atoms with Gasteiger partial charge in [-0.2, -0.15) is 0 Å². The fourth-order valence-corrected chi connectivity index (χ4v) is 3.56. The van der Waals surface area contributed by atoms with Gasteiger partial charge in [-0.15, -0.1) is 11.8 Å². The van der Waals surface area contributed by atoms with Crippen molar-refractivity contribution in [2.45, 2.75) is 26.4 Å². The molecule has 1 aromatic carbocycles. The predicted octanol–water partition coefficient (Wildman–Crippen LogP) is 1.93. The summed E-state index contributed by atoms with van der Waals surface area (Å²) in [5.41, 5.74) is 3.36. The maximum atomic E-state index is 12.3. The zero-order valence-corrected chi connectivity index (χ0v) is 13.3. The number of thioether (sulfide) groups is 1. The molecule has 0 bridgehead atoms. The highest BCUT2D eigenvalue weighted by molar-refractivity contribution is 7.99. The molecule has 1 fully saturated rings. The van der Waals surface area contributed by atoms with Crippen LogP contribution in [0.2, 0.25) is 0 Å². The Morgan fingerprint density at radius 3 is 2.60 bits per heavy atom. The number of ether oxygens (including phenoxy) is 1. The summed E-state index contributed by atoms with van der Waals surface area (Å²) in [5, 5.41) is 3.22. The molecule has 1 aromatic rings. The van der Waals surface area contributed by atoms with Gasteiger partial charge in [0, 0.05) is 25.2 Å². The first-order chi connectivity index (χ1) is 9.52. The summed E-state index contributed by atoms with van der Waals surface area (Å²) < 4.78 is 5.37. The van der Waals surface area contributed by atoms with E-state index in [-0.39, 0.29) is 11.9 Å². The standard InChI is InChI=1S/C15H22N2O2S/c1-10-5-12(6-11(2)14(10)19-4)7-17(3)15(18)13-8-20-9-16-13/h5-6,13,16H,7-9H2,1-4H3/t13-/m0/s1. The van der Waals surface area contributed by atoms with Gasteiger partial charge in [0.2, 0.25) is 5.91 Å². The molecule has 1 aliphatic heterocycles. The number of nitrogens with zero attached hydrogens (tertiary/aromatic N) is 1. The Morgan fingerprint density at radius 2 is 2.10 bits per heavy atom. The molecule has 20 heavy (non-hydrogen) atoms. The van der Waals surface area contributed by atoms with Gasteiger partial charge in [0.25, 0.3) is 0 Å². The van der Waals surface area contributed by atoms with Gasteiger partial charge in [-0.05, 0) is 30.5 Å². The topological polar surface area (TPSA) is 41.6 Å². The summed E-state index contributed by atoms with van der Waals surface area (Å²) in [7, 11) is 3.55. The molecule has 0 radical (unpaired) electrons. The Kier molecular flexibility index (Phi) is 4.94. The molecule has 5 heteroatoms. The van der Waals surface area contributed by atoms with Crippen molar-refractivity contribution in [1.82, 2.24) is 10.2 Å². The van der Waals surface area contributed by atoms with Crippen LogP contribution >= 0.6 is 11.8 Å². The smallest absolute Gasteiger partial charge is 0.240 e. The van der Waals surface area contributed by atoms with Gasteiger partial charge in [0.05, 0.1) is 13.2 Å². The number of aryl methyl sites for hydroxylation is 2. The van der Waals surface area contributed by atoms with E-state index in [4.69, 9.17) is 4.74 Å². The lowest BCUT2D eigenvalue weighted by atomic mass is 10.1. The lowest BCUT2D eigenvalue weighted by molar-refractivity contribution is -0.131. The van der Waals surface area contributed by atoms with Crippen LogP contribution < -0.4 is 10.1 Å². The molecule has 0 aromatic heterocycles. The molecular weight excluding hydrogens is 272 g/mol. The average Bonchev–Trinajstić information content (AvgIpc) is 2.91. The Labute approximate surface area is 124 Å². The SMILES string of the molecule is COc1c(C)cc(CN(C)C(=O)[C@@H]2CSCN2)cc1C. The third-order valence-corrected chi connectivity index (χ3v) is 4.47. The molecule has 0 saturated carbocycles. The molecule has 1 amide bonds. The van der Waals surface area contributed by atoms with Crippen LogP contribution in [0.3, 0.4) is 0 Å². The van der Waals surface area contributed by atoms with Crippen LogP contribution in [0.1, 0.15) is 16.7 Å². The average molecular weight is 294 g/mol. The number of carbonyl (C=O) groups is 1. The third kappa shape index (κ3) is 3.27. The number of benzene rings is 1. The maximum absolute atomic E-state index is 12.3. The maximum Gasteiger partial charge on any atom is 0.240 e. The molecular formula is C15H22N2O2S. The Hall–Kier alpha value is -1.20. The monoisotopic (exact) mass is 294 g/mol. The minimum atomic E-state index is -0.0366. The van der Waals surface area contributed by atoms with E-state index in [1.807, 2.05) is 20.9 Å². The Bertz CT molecular complexity index is 476. The van der Waals surface area contributed by atoms with E-state index in [9.17, 15) is 4.79 Å². The van der Waals surface area contributed by atoms with E-state index in [1.165, 1.54) is 0 Å². The lowest BCUT2D eigenvalue weighted by Gasteiger charge is -2.22. The third-order valence-electron chi connectivity index (χ3n) is 3.53. The van der Waals surface area contributed by atoms with Crippen molar-refractivity contribution >= 4 is 17.7 Å². The minimum Gasteiger partial charge on any atom is -0.496 e. The second kappa shape index (κ2) is 6.50. The number of amides is 1. The highest BCUT2D eigenvalue weighted by Gasteiger charge is 2.25. The van der Waals surface area contributed by atoms with E-state index < -0.39 is 0 Å². The van der Waals surface area contributed by atoms with Crippen molar-refractivity contribution < 1.29 is 9.53 Å². The predicted molar refractivity (Wildman–Crippen MR) is 83.2 cm³/mol. The quantitative estimate of drug-likeness (QED) is 0.921. The van der Waals surface area contributed by atoms with E-state index >= 15 is 0 Å². The van der Waals surface area contributed by atoms with Crippen molar-refractivity contribution in [2.24, 2.45) is 0 Å². The van der Waals surface area contributed by atoms with Gasteiger partial charge in [0.1, 0.15) is 5.75 Å². The molecule has 110 valence electrons. The summed E-state index contributed by atoms with van der Waals surface area (Å²) in [5.74, 6) is 2.83. The van der Waals surface area contributed by atoms with Crippen LogP contribution in [0.4, 0.5) is 0 Å². The molecule has 0 aliphatic carbocycles. The fraction of sp³-hybridized carbons (Fsp3) is 0.533. The number of rotatable bonds is 4. The molecule has 4 nitrogen and oxygen atoms in total. The second-order valence-electron chi connectivity index (χ2n) is 5.23. The Morgan fingerprint density at radius 1 is 1.45 bits per heavy atom. The minimum absolute atomic E-state index is 0.0366. The second-order valence-corrected chi connectivity index (χ2v) is 6.26. The van der Waals surface area contributed by atoms with Crippen LogP contribution in [0.15, 0.2) is 12.1 Å². The summed E-state index contributed by atoms with van der Waals surface area (Å²) in [6.07, 6.45) is 0. The van der Waals surface area contributed by atoms with Crippen molar-refractivity contribution in [3.05, 3.63) is 28.8 Å². The Balaban J connectivity index is 2.07. The fourth-order valence-electron chi connectivity index (χ4n) is 2.62. The van der Waals surface area contributed by atoms with Gasteiger partial charge in [0.15, 0.2) is 0 Å². The number of carbonyl (C=O) groups excluding carboxylic acids is 1. The van der Waals surface area contributed by atoms with E-state index in [0.717, 1.165) is 34.1 Å². The van der Waals surface area contributed by atoms with Crippen LogP contribution in [0.5, 0.6) is 5.75 Å². The number of hydrogen-bond donors (Lipinski definition) is 1. The highest BCUT2D eigenvalue weighted by atomic mass is 32.2. The summed E-state index contributed by atoms with van der Waals surface area (Å²) in [6, 6.07) is 4.14. The number of hydrogen-bond acceptors (Lipinski definition) is 4. The van der Waals surface area contributed by atoms with Gasteiger partial charge < -0.3 is 9.64 Å². The van der Waals surface area contributed by atoms with E-state index in [2.05, 4.69) is 17.4 Å². The zero-order chi connectivity index (χ0) is 14.7. The van der Waals surface area contributed by atoms with Crippen molar-refractivity contribution in [2.75, 3.05) is 25.8 Å². The zero-order valence-electron chi connectivity index (χ0n) is 12.5. The molecule has 1 atom stereocenters. The first kappa shape index (κ1) is 15.2. The van der Waals surface area contributed by atoms with Gasteiger partial charge in [-0.25, -0.2) is 0 Å². The van der Waals surface area contributed by atoms with Gasteiger partial charge in [-0.1, -0.05) is 12.1 Å².